The van der Waals surface area contributed by atoms with Gasteiger partial charge in [-0.15, -0.1) is 0 Å². The topological polar surface area (TPSA) is 32.8 Å². The highest BCUT2D eigenvalue weighted by molar-refractivity contribution is 9.10. The van der Waals surface area contributed by atoms with Gasteiger partial charge in [-0.05, 0) is 89.7 Å². The number of carbonyl (C=O) groups excluding carboxylic acids is 1. The Morgan fingerprint density at radius 3 is 2.54 bits per heavy atom. The number of nitrogens with zero attached hydrogens (tertiary/aromatic N) is 2. The molecule has 2 saturated heterocycles. The number of benzene rings is 1. The van der Waals surface area contributed by atoms with Gasteiger partial charge in [0.1, 0.15) is 5.75 Å². The summed E-state index contributed by atoms with van der Waals surface area (Å²) < 4.78 is 7.04. The van der Waals surface area contributed by atoms with Crippen LogP contribution in [0.5, 0.6) is 5.75 Å². The highest BCUT2D eigenvalue weighted by atomic mass is 79.9. The molecule has 28 heavy (non-hydrogen) atoms. The molecular weight excluding hydrogens is 436 g/mol. The highest BCUT2D eigenvalue weighted by Crippen LogP contribution is 2.31. The minimum atomic E-state index is 0.198. The van der Waals surface area contributed by atoms with Crippen molar-refractivity contribution < 1.29 is 9.53 Å². The van der Waals surface area contributed by atoms with Gasteiger partial charge in [-0.25, -0.2) is 0 Å². The first-order valence-electron chi connectivity index (χ1n) is 10.5. The molecule has 1 atom stereocenters. The third-order valence-corrected chi connectivity index (χ3v) is 7.43. The number of hydrogen-bond acceptors (Lipinski definition) is 4. The Morgan fingerprint density at radius 2 is 1.93 bits per heavy atom. The molecule has 2 heterocycles. The first-order valence-corrected chi connectivity index (χ1v) is 12.1. The van der Waals surface area contributed by atoms with Crippen molar-refractivity contribution in [2.45, 2.75) is 64.4 Å². The van der Waals surface area contributed by atoms with Gasteiger partial charge in [0.2, 0.25) is 0 Å². The monoisotopic (exact) mass is 468 g/mol. The summed E-state index contributed by atoms with van der Waals surface area (Å²) in [4.78, 5) is 16.7. The zero-order valence-electron chi connectivity index (χ0n) is 17.5. The summed E-state index contributed by atoms with van der Waals surface area (Å²) in [5.41, 5.74) is 1.35. The molecule has 0 spiro atoms. The molecule has 0 aliphatic carbocycles. The molecule has 1 unspecified atom stereocenters. The summed E-state index contributed by atoms with van der Waals surface area (Å²) in [5.74, 6) is 1.68. The van der Waals surface area contributed by atoms with E-state index >= 15 is 0 Å². The molecule has 2 aliphatic heterocycles. The van der Waals surface area contributed by atoms with Crippen LogP contribution < -0.4 is 4.74 Å². The van der Waals surface area contributed by atoms with E-state index in [0.29, 0.717) is 17.2 Å². The molecule has 4 nitrogen and oxygen atoms in total. The lowest BCUT2D eigenvalue weighted by Crippen LogP contribution is -2.40. The molecule has 2 aliphatic rings. The van der Waals surface area contributed by atoms with Gasteiger partial charge in [-0.2, -0.15) is 0 Å². The molecule has 0 bridgehead atoms. The number of ether oxygens (including phenoxy) is 1. The fraction of sp³-hybridized carbons (Fsp3) is 0.682. The number of piperidine rings is 1. The van der Waals surface area contributed by atoms with E-state index in [1.807, 2.05) is 11.0 Å². The van der Waals surface area contributed by atoms with Gasteiger partial charge in [0.25, 0.3) is 5.24 Å². The van der Waals surface area contributed by atoms with Crippen molar-refractivity contribution in [3.05, 3.63) is 28.2 Å². The van der Waals surface area contributed by atoms with Gasteiger partial charge in [-0.1, -0.05) is 27.7 Å². The second-order valence-electron chi connectivity index (χ2n) is 8.62. The van der Waals surface area contributed by atoms with Gasteiger partial charge in [0, 0.05) is 28.9 Å². The molecule has 0 saturated carbocycles. The van der Waals surface area contributed by atoms with E-state index in [4.69, 9.17) is 4.74 Å². The molecule has 1 amide bonds. The first-order chi connectivity index (χ1) is 13.3. The minimum absolute atomic E-state index is 0.198. The van der Waals surface area contributed by atoms with Gasteiger partial charge in [-0.3, -0.25) is 4.79 Å². The maximum atomic E-state index is 12.1. The van der Waals surface area contributed by atoms with Crippen LogP contribution in [-0.4, -0.2) is 58.6 Å². The van der Waals surface area contributed by atoms with Crippen molar-refractivity contribution >= 4 is 32.9 Å². The van der Waals surface area contributed by atoms with Gasteiger partial charge in [0.05, 0.1) is 6.10 Å². The Kier molecular flexibility index (Phi) is 7.74. The fourth-order valence-electron chi connectivity index (χ4n) is 4.08. The quantitative estimate of drug-likeness (QED) is 0.533. The van der Waals surface area contributed by atoms with Crippen LogP contribution in [0.15, 0.2) is 22.7 Å². The van der Waals surface area contributed by atoms with Crippen LogP contribution in [0, 0.1) is 5.92 Å². The summed E-state index contributed by atoms with van der Waals surface area (Å²) in [5, 5.41) is 0.675. The van der Waals surface area contributed by atoms with Crippen molar-refractivity contribution in [2.75, 3.05) is 26.2 Å². The number of hydrogen-bond donors (Lipinski definition) is 0. The molecule has 0 radical (unpaired) electrons. The van der Waals surface area contributed by atoms with Crippen LogP contribution in [0.4, 0.5) is 4.79 Å². The lowest BCUT2D eigenvalue weighted by atomic mass is 9.90. The molecule has 1 aromatic carbocycles. The number of likely N-dealkylation sites (tertiary alicyclic amines) is 1. The molecule has 0 aromatic heterocycles. The van der Waals surface area contributed by atoms with E-state index in [9.17, 15) is 4.79 Å². The number of halogens is 1. The van der Waals surface area contributed by atoms with E-state index in [0.717, 1.165) is 38.3 Å². The SMILES string of the molecule is CC(C)Oc1ccc(Br)c(CC2CCN(CC3CN(C(C)C)C(=O)S3)CC2)c1. The Labute approximate surface area is 182 Å². The smallest absolute Gasteiger partial charge is 0.282 e. The predicted molar refractivity (Wildman–Crippen MR) is 121 cm³/mol. The van der Waals surface area contributed by atoms with Gasteiger partial charge < -0.3 is 14.5 Å². The van der Waals surface area contributed by atoms with Gasteiger partial charge >= 0.3 is 0 Å². The maximum Gasteiger partial charge on any atom is 0.282 e. The van der Waals surface area contributed by atoms with Gasteiger partial charge in [0.15, 0.2) is 0 Å². The van der Waals surface area contributed by atoms with Crippen LogP contribution in [0.25, 0.3) is 0 Å². The normalized spacial score (nSPS) is 21.9. The fourth-order valence-corrected chi connectivity index (χ4v) is 5.72. The molecular formula is C22H33BrN2O2S. The number of rotatable bonds is 7. The molecule has 3 rings (SSSR count). The summed E-state index contributed by atoms with van der Waals surface area (Å²) >= 11 is 5.24. The molecule has 0 N–H and O–H groups in total. The second-order valence-corrected chi connectivity index (χ2v) is 10.7. The maximum absolute atomic E-state index is 12.1. The lowest BCUT2D eigenvalue weighted by Gasteiger charge is -2.33. The summed E-state index contributed by atoms with van der Waals surface area (Å²) in [6.45, 7) is 12.5. The van der Waals surface area contributed by atoms with Crippen molar-refractivity contribution in [1.82, 2.24) is 9.80 Å². The Hall–Kier alpha value is -0.720. The van der Waals surface area contributed by atoms with E-state index in [1.165, 1.54) is 34.6 Å². The average molecular weight is 469 g/mol. The summed E-state index contributed by atoms with van der Waals surface area (Å²) in [7, 11) is 0. The lowest BCUT2D eigenvalue weighted by molar-refractivity contribution is 0.176. The standard InChI is InChI=1S/C22H33BrN2O2S/c1-15(2)25-14-20(28-22(25)26)13-24-9-7-17(8-10-24)11-18-12-19(27-16(3)4)5-6-21(18)23/h5-6,12,15-17,20H,7-11,13-14H2,1-4H3. The van der Waals surface area contributed by atoms with E-state index in [2.05, 4.69) is 60.7 Å². The van der Waals surface area contributed by atoms with Crippen LogP contribution in [0.2, 0.25) is 0 Å². The Balaban J connectivity index is 1.48. The zero-order chi connectivity index (χ0) is 20.3. The predicted octanol–water partition coefficient (Wildman–Crippen LogP) is 5.44. The van der Waals surface area contributed by atoms with Crippen LogP contribution in [0.3, 0.4) is 0 Å². The van der Waals surface area contributed by atoms with Crippen LogP contribution in [-0.2, 0) is 6.42 Å². The minimum Gasteiger partial charge on any atom is -0.491 e. The third kappa shape index (κ3) is 5.90. The number of thioether (sulfide) groups is 1. The van der Waals surface area contributed by atoms with Crippen molar-refractivity contribution in [1.29, 1.82) is 0 Å². The largest absolute Gasteiger partial charge is 0.491 e. The molecule has 1 aromatic rings. The highest BCUT2D eigenvalue weighted by Gasteiger charge is 2.33. The summed E-state index contributed by atoms with van der Waals surface area (Å²) in [6, 6.07) is 6.65. The van der Waals surface area contributed by atoms with Crippen LogP contribution >= 0.6 is 27.7 Å². The molecule has 2 fully saturated rings. The van der Waals surface area contributed by atoms with Crippen molar-refractivity contribution in [2.24, 2.45) is 5.92 Å². The van der Waals surface area contributed by atoms with E-state index < -0.39 is 0 Å². The Morgan fingerprint density at radius 1 is 1.21 bits per heavy atom. The van der Waals surface area contributed by atoms with Crippen LogP contribution in [0.1, 0.15) is 46.1 Å². The second kappa shape index (κ2) is 9.86. The summed E-state index contributed by atoms with van der Waals surface area (Å²) in [6.07, 6.45) is 3.74. The number of amides is 1. The average Bonchev–Trinajstić information content (AvgIpc) is 2.99. The first kappa shape index (κ1) is 22.0. The van der Waals surface area contributed by atoms with Crippen molar-refractivity contribution in [3.8, 4) is 5.75 Å². The van der Waals surface area contributed by atoms with E-state index in [1.54, 1.807) is 0 Å². The molecule has 156 valence electrons. The Bertz CT molecular complexity index is 675. The van der Waals surface area contributed by atoms with E-state index in [-0.39, 0.29) is 11.3 Å². The zero-order valence-corrected chi connectivity index (χ0v) is 19.9. The number of carbonyl (C=O) groups is 1. The van der Waals surface area contributed by atoms with Crippen molar-refractivity contribution in [3.63, 3.8) is 0 Å². The third-order valence-electron chi connectivity index (χ3n) is 5.59. The molecule has 6 heteroatoms.